The fourth-order valence-corrected chi connectivity index (χ4v) is 2.55. The molecule has 17 heavy (non-hydrogen) atoms. The average molecular weight is 237 g/mol. The van der Waals surface area contributed by atoms with E-state index >= 15 is 0 Å². The van der Waals surface area contributed by atoms with Gasteiger partial charge < -0.3 is 10.2 Å². The monoisotopic (exact) mass is 237 g/mol. The molecule has 1 saturated carbocycles. The van der Waals surface area contributed by atoms with Crippen molar-refractivity contribution in [1.82, 2.24) is 10.2 Å². The van der Waals surface area contributed by atoms with Gasteiger partial charge in [0.15, 0.2) is 0 Å². The van der Waals surface area contributed by atoms with Crippen LogP contribution in [0.3, 0.4) is 0 Å². The summed E-state index contributed by atoms with van der Waals surface area (Å²) < 4.78 is 0. The first-order valence-corrected chi connectivity index (χ1v) is 6.88. The van der Waals surface area contributed by atoms with Crippen LogP contribution in [-0.4, -0.2) is 37.6 Å². The average Bonchev–Trinajstić information content (AvgIpc) is 2.37. The molecule has 0 spiro atoms. The van der Waals surface area contributed by atoms with E-state index in [9.17, 15) is 0 Å². The molecule has 3 heteroatoms. The highest BCUT2D eigenvalue weighted by atomic mass is 15.1. The van der Waals surface area contributed by atoms with E-state index in [4.69, 9.17) is 5.26 Å². The highest BCUT2D eigenvalue weighted by molar-refractivity contribution is 5.03. The Morgan fingerprint density at radius 3 is 2.53 bits per heavy atom. The van der Waals surface area contributed by atoms with Gasteiger partial charge in [0.1, 0.15) is 5.54 Å². The van der Waals surface area contributed by atoms with Crippen LogP contribution in [0.2, 0.25) is 0 Å². The van der Waals surface area contributed by atoms with Crippen molar-refractivity contribution >= 4 is 0 Å². The molecule has 1 fully saturated rings. The van der Waals surface area contributed by atoms with Gasteiger partial charge in [0.05, 0.1) is 6.07 Å². The van der Waals surface area contributed by atoms with Crippen LogP contribution in [0.15, 0.2) is 0 Å². The maximum Gasteiger partial charge on any atom is 0.104 e. The summed E-state index contributed by atoms with van der Waals surface area (Å²) in [5.41, 5.74) is -0.374. The standard InChI is InChI=1S/C14H27N3/c1-14(12-15,16-2)9-10-17(3)11-13-7-5-4-6-8-13/h13,16H,4-11H2,1-3H3. The second kappa shape index (κ2) is 6.98. The van der Waals surface area contributed by atoms with Crippen LogP contribution in [0.1, 0.15) is 45.4 Å². The number of hydrogen-bond donors (Lipinski definition) is 1. The first-order chi connectivity index (χ1) is 8.09. The topological polar surface area (TPSA) is 39.1 Å². The summed E-state index contributed by atoms with van der Waals surface area (Å²) in [4.78, 5) is 2.39. The summed E-state index contributed by atoms with van der Waals surface area (Å²) in [7, 11) is 4.05. The van der Waals surface area contributed by atoms with Gasteiger partial charge in [0.2, 0.25) is 0 Å². The lowest BCUT2D eigenvalue weighted by Gasteiger charge is -2.29. The number of nitrogens with one attached hydrogen (secondary N) is 1. The third-order valence-corrected chi connectivity index (χ3v) is 4.09. The minimum Gasteiger partial charge on any atom is -0.306 e. The van der Waals surface area contributed by atoms with E-state index in [1.54, 1.807) is 0 Å². The van der Waals surface area contributed by atoms with Crippen LogP contribution in [-0.2, 0) is 0 Å². The number of hydrogen-bond acceptors (Lipinski definition) is 3. The van der Waals surface area contributed by atoms with E-state index in [1.807, 2.05) is 14.0 Å². The Hall–Kier alpha value is -0.590. The molecule has 1 rings (SSSR count). The number of rotatable bonds is 6. The van der Waals surface area contributed by atoms with E-state index < -0.39 is 0 Å². The molecule has 0 radical (unpaired) electrons. The Morgan fingerprint density at radius 2 is 2.00 bits per heavy atom. The van der Waals surface area contributed by atoms with Gasteiger partial charge in [-0.2, -0.15) is 5.26 Å². The smallest absolute Gasteiger partial charge is 0.104 e. The molecule has 1 N–H and O–H groups in total. The lowest BCUT2D eigenvalue weighted by Crippen LogP contribution is -2.41. The van der Waals surface area contributed by atoms with Gasteiger partial charge in [-0.1, -0.05) is 19.3 Å². The summed E-state index contributed by atoms with van der Waals surface area (Å²) in [5, 5.41) is 12.2. The van der Waals surface area contributed by atoms with E-state index in [1.165, 1.54) is 38.6 Å². The van der Waals surface area contributed by atoms with Crippen LogP contribution >= 0.6 is 0 Å². The molecule has 1 aliphatic carbocycles. The fourth-order valence-electron chi connectivity index (χ4n) is 2.55. The molecule has 0 aromatic heterocycles. The van der Waals surface area contributed by atoms with Gasteiger partial charge in [-0.3, -0.25) is 0 Å². The summed E-state index contributed by atoms with van der Waals surface area (Å²) in [6, 6.07) is 2.35. The fraction of sp³-hybridized carbons (Fsp3) is 0.929. The van der Waals surface area contributed by atoms with Gasteiger partial charge in [-0.15, -0.1) is 0 Å². The largest absolute Gasteiger partial charge is 0.306 e. The third-order valence-electron chi connectivity index (χ3n) is 4.09. The molecule has 0 aliphatic heterocycles. The summed E-state index contributed by atoms with van der Waals surface area (Å²) in [6.07, 6.45) is 7.92. The SMILES string of the molecule is CNC(C)(C#N)CCN(C)CC1CCCCC1. The first-order valence-electron chi connectivity index (χ1n) is 6.88. The Kier molecular flexibility index (Phi) is 5.94. The normalized spacial score (nSPS) is 21.1. The van der Waals surface area contributed by atoms with Crippen molar-refractivity contribution in [3.63, 3.8) is 0 Å². The van der Waals surface area contributed by atoms with Crippen LogP contribution < -0.4 is 5.32 Å². The summed E-state index contributed by atoms with van der Waals surface area (Å²) in [6.45, 7) is 4.17. The number of nitriles is 1. The molecule has 0 aromatic carbocycles. The Labute approximate surface area is 106 Å². The Bertz CT molecular complexity index is 253. The van der Waals surface area contributed by atoms with Gasteiger partial charge in [0, 0.05) is 13.1 Å². The van der Waals surface area contributed by atoms with Crippen molar-refractivity contribution in [2.75, 3.05) is 27.2 Å². The van der Waals surface area contributed by atoms with Crippen LogP contribution in [0.25, 0.3) is 0 Å². The van der Waals surface area contributed by atoms with E-state index in [-0.39, 0.29) is 5.54 Å². The predicted octanol–water partition coefficient (Wildman–Crippen LogP) is 2.39. The van der Waals surface area contributed by atoms with Crippen LogP contribution in [0.4, 0.5) is 0 Å². The van der Waals surface area contributed by atoms with Gasteiger partial charge in [-0.25, -0.2) is 0 Å². The second-order valence-corrected chi connectivity index (χ2v) is 5.71. The maximum atomic E-state index is 9.09. The molecule has 0 aromatic rings. The molecule has 1 aliphatic rings. The van der Waals surface area contributed by atoms with Crippen molar-refractivity contribution in [3.05, 3.63) is 0 Å². The lowest BCUT2D eigenvalue weighted by molar-refractivity contribution is 0.220. The Morgan fingerprint density at radius 1 is 1.35 bits per heavy atom. The molecular formula is C14H27N3. The zero-order valence-corrected chi connectivity index (χ0v) is 11.6. The van der Waals surface area contributed by atoms with Gasteiger partial charge in [0.25, 0.3) is 0 Å². The van der Waals surface area contributed by atoms with Crippen molar-refractivity contribution in [2.24, 2.45) is 5.92 Å². The van der Waals surface area contributed by atoms with Crippen LogP contribution in [0, 0.1) is 17.2 Å². The van der Waals surface area contributed by atoms with E-state index in [0.717, 1.165) is 18.9 Å². The highest BCUT2D eigenvalue weighted by Crippen LogP contribution is 2.24. The maximum absolute atomic E-state index is 9.09. The zero-order chi connectivity index (χ0) is 12.7. The zero-order valence-electron chi connectivity index (χ0n) is 11.6. The van der Waals surface area contributed by atoms with E-state index in [0.29, 0.717) is 0 Å². The predicted molar refractivity (Wildman–Crippen MR) is 71.8 cm³/mol. The van der Waals surface area contributed by atoms with Crippen molar-refractivity contribution in [3.8, 4) is 6.07 Å². The molecule has 0 amide bonds. The molecule has 1 atom stereocenters. The summed E-state index contributed by atoms with van der Waals surface area (Å²) in [5.74, 6) is 0.886. The van der Waals surface area contributed by atoms with Gasteiger partial charge >= 0.3 is 0 Å². The first kappa shape index (κ1) is 14.5. The Balaban J connectivity index is 2.24. The molecule has 3 nitrogen and oxygen atoms in total. The minimum atomic E-state index is -0.374. The molecule has 0 heterocycles. The quantitative estimate of drug-likeness (QED) is 0.771. The van der Waals surface area contributed by atoms with Crippen molar-refractivity contribution in [2.45, 2.75) is 51.0 Å². The molecule has 0 saturated heterocycles. The molecule has 1 unspecified atom stereocenters. The minimum absolute atomic E-state index is 0.374. The molecule has 0 bridgehead atoms. The van der Waals surface area contributed by atoms with Crippen molar-refractivity contribution in [1.29, 1.82) is 5.26 Å². The highest BCUT2D eigenvalue weighted by Gasteiger charge is 2.22. The van der Waals surface area contributed by atoms with Crippen molar-refractivity contribution < 1.29 is 0 Å². The summed E-state index contributed by atoms with van der Waals surface area (Å²) >= 11 is 0. The molecular weight excluding hydrogens is 210 g/mol. The molecule has 98 valence electrons. The van der Waals surface area contributed by atoms with E-state index in [2.05, 4.69) is 23.3 Å². The van der Waals surface area contributed by atoms with Gasteiger partial charge in [-0.05, 0) is 46.2 Å². The number of nitrogens with zero attached hydrogens (tertiary/aromatic N) is 2. The lowest BCUT2D eigenvalue weighted by atomic mass is 9.89. The second-order valence-electron chi connectivity index (χ2n) is 5.71. The third kappa shape index (κ3) is 5.06. The van der Waals surface area contributed by atoms with Crippen LogP contribution in [0.5, 0.6) is 0 Å².